The average molecular weight is 376 g/mol. The molecule has 6 heteroatoms. The summed E-state index contributed by atoms with van der Waals surface area (Å²) < 4.78 is 10.4. The van der Waals surface area contributed by atoms with E-state index in [9.17, 15) is 9.59 Å². The lowest BCUT2D eigenvalue weighted by Gasteiger charge is -2.35. The lowest BCUT2D eigenvalue weighted by molar-refractivity contribution is -0.121. The van der Waals surface area contributed by atoms with E-state index < -0.39 is 6.04 Å². The van der Waals surface area contributed by atoms with Crippen LogP contribution in [0.3, 0.4) is 0 Å². The first kappa shape index (κ1) is 17.9. The van der Waals surface area contributed by atoms with E-state index in [-0.39, 0.29) is 17.6 Å². The smallest absolute Gasteiger partial charge is 0.290 e. The minimum Gasteiger partial charge on any atom is -0.497 e. The summed E-state index contributed by atoms with van der Waals surface area (Å²) in [7, 11) is 1.59. The predicted molar refractivity (Wildman–Crippen MR) is 104 cm³/mol. The van der Waals surface area contributed by atoms with Crippen molar-refractivity contribution in [2.45, 2.75) is 19.0 Å². The van der Waals surface area contributed by atoms with E-state index in [2.05, 4.69) is 5.32 Å². The maximum absolute atomic E-state index is 13.0. The summed E-state index contributed by atoms with van der Waals surface area (Å²) >= 11 is 0. The fourth-order valence-electron chi connectivity index (χ4n) is 3.41. The average Bonchev–Trinajstić information content (AvgIpc) is 3.27. The Morgan fingerprint density at radius 2 is 1.79 bits per heavy atom. The van der Waals surface area contributed by atoms with Crippen molar-refractivity contribution in [2.75, 3.05) is 12.4 Å². The second-order valence-electron chi connectivity index (χ2n) is 6.62. The van der Waals surface area contributed by atoms with Crippen LogP contribution < -0.4 is 10.1 Å². The first-order valence-corrected chi connectivity index (χ1v) is 9.02. The number of methoxy groups -OCH3 is 1. The third kappa shape index (κ3) is 3.49. The fraction of sp³-hybridized carbons (Fsp3) is 0.182. The van der Waals surface area contributed by atoms with Gasteiger partial charge in [0.1, 0.15) is 11.8 Å². The van der Waals surface area contributed by atoms with Crippen LogP contribution in [0.4, 0.5) is 5.69 Å². The van der Waals surface area contributed by atoms with Gasteiger partial charge in [-0.05, 0) is 47.5 Å². The van der Waals surface area contributed by atoms with Gasteiger partial charge in [-0.1, -0.05) is 24.3 Å². The number of hydrogen-bond acceptors (Lipinski definition) is 4. The molecule has 1 aliphatic rings. The van der Waals surface area contributed by atoms with Crippen molar-refractivity contribution in [2.24, 2.45) is 0 Å². The van der Waals surface area contributed by atoms with E-state index in [1.54, 1.807) is 48.4 Å². The molecule has 0 saturated heterocycles. The molecule has 1 N–H and O–H groups in total. The van der Waals surface area contributed by atoms with Crippen molar-refractivity contribution in [3.63, 3.8) is 0 Å². The molecular weight excluding hydrogens is 356 g/mol. The second-order valence-corrected chi connectivity index (χ2v) is 6.62. The van der Waals surface area contributed by atoms with Crippen LogP contribution in [0.25, 0.3) is 0 Å². The van der Waals surface area contributed by atoms with Gasteiger partial charge in [0.05, 0.1) is 13.4 Å². The summed E-state index contributed by atoms with van der Waals surface area (Å²) in [6, 6.07) is 17.6. The SMILES string of the molecule is COc1ccc(NC(=O)[C@@H]2Cc3ccccc3CN2C(=O)c2ccco2)cc1. The third-order valence-electron chi connectivity index (χ3n) is 4.90. The quantitative estimate of drug-likeness (QED) is 0.757. The van der Waals surface area contributed by atoms with Crippen LogP contribution in [0.2, 0.25) is 0 Å². The van der Waals surface area contributed by atoms with Crippen LogP contribution in [0.1, 0.15) is 21.7 Å². The number of carbonyl (C=O) groups excluding carboxylic acids is 2. The molecule has 0 unspecified atom stereocenters. The highest BCUT2D eigenvalue weighted by Crippen LogP contribution is 2.26. The van der Waals surface area contributed by atoms with Gasteiger partial charge in [-0.2, -0.15) is 0 Å². The number of ether oxygens (including phenoxy) is 1. The highest BCUT2D eigenvalue weighted by molar-refractivity contribution is 6.00. The molecule has 6 nitrogen and oxygen atoms in total. The Labute approximate surface area is 162 Å². The second kappa shape index (κ2) is 7.60. The van der Waals surface area contributed by atoms with Crippen LogP contribution in [0.5, 0.6) is 5.75 Å². The zero-order valence-electron chi connectivity index (χ0n) is 15.4. The minimum atomic E-state index is -0.630. The number of benzene rings is 2. The molecule has 0 bridgehead atoms. The Morgan fingerprint density at radius 1 is 1.04 bits per heavy atom. The molecule has 28 heavy (non-hydrogen) atoms. The monoisotopic (exact) mass is 376 g/mol. The van der Waals surface area contributed by atoms with E-state index in [1.165, 1.54) is 6.26 Å². The minimum absolute atomic E-state index is 0.224. The number of fused-ring (bicyclic) bond motifs is 1. The maximum Gasteiger partial charge on any atom is 0.290 e. The van der Waals surface area contributed by atoms with Crippen molar-refractivity contribution in [3.05, 3.63) is 83.8 Å². The molecule has 2 aromatic carbocycles. The van der Waals surface area contributed by atoms with Crippen LogP contribution >= 0.6 is 0 Å². The van der Waals surface area contributed by atoms with Gasteiger partial charge in [0.15, 0.2) is 5.76 Å². The van der Waals surface area contributed by atoms with E-state index in [0.29, 0.717) is 24.4 Å². The Bertz CT molecular complexity index is 980. The molecule has 4 rings (SSSR count). The van der Waals surface area contributed by atoms with Crippen molar-refractivity contribution in [1.29, 1.82) is 0 Å². The van der Waals surface area contributed by atoms with Gasteiger partial charge in [-0.25, -0.2) is 0 Å². The van der Waals surface area contributed by atoms with E-state index in [1.807, 2.05) is 24.3 Å². The number of furan rings is 1. The summed E-state index contributed by atoms with van der Waals surface area (Å²) in [4.78, 5) is 27.6. The van der Waals surface area contributed by atoms with Crippen molar-refractivity contribution in [1.82, 2.24) is 4.90 Å². The van der Waals surface area contributed by atoms with E-state index >= 15 is 0 Å². The van der Waals surface area contributed by atoms with Gasteiger partial charge >= 0.3 is 0 Å². The van der Waals surface area contributed by atoms with Gasteiger partial charge in [-0.15, -0.1) is 0 Å². The van der Waals surface area contributed by atoms with Gasteiger partial charge in [-0.3, -0.25) is 9.59 Å². The standard InChI is InChI=1S/C22H20N2O4/c1-27-18-10-8-17(9-11-18)23-21(25)19-13-15-5-2-3-6-16(15)14-24(19)22(26)20-7-4-12-28-20/h2-12,19H,13-14H2,1H3,(H,23,25)/t19-/m0/s1. The Morgan fingerprint density at radius 3 is 2.46 bits per heavy atom. The fourth-order valence-corrected chi connectivity index (χ4v) is 3.41. The van der Waals surface area contributed by atoms with Crippen molar-refractivity contribution in [3.8, 4) is 5.75 Å². The molecule has 0 radical (unpaired) electrons. The number of hydrogen-bond donors (Lipinski definition) is 1. The molecule has 0 saturated carbocycles. The predicted octanol–water partition coefficient (Wildman–Crippen LogP) is 3.49. The van der Waals surface area contributed by atoms with Crippen molar-refractivity contribution < 1.29 is 18.7 Å². The number of carbonyl (C=O) groups is 2. The summed E-state index contributed by atoms with van der Waals surface area (Å²) in [5.41, 5.74) is 2.76. The lowest BCUT2D eigenvalue weighted by atomic mass is 9.93. The molecule has 0 spiro atoms. The highest BCUT2D eigenvalue weighted by atomic mass is 16.5. The van der Waals surface area contributed by atoms with E-state index in [0.717, 1.165) is 11.1 Å². The molecule has 1 atom stereocenters. The molecular formula is C22H20N2O4. The zero-order valence-corrected chi connectivity index (χ0v) is 15.4. The summed E-state index contributed by atoms with van der Waals surface area (Å²) in [6.45, 7) is 0.358. The molecule has 0 fully saturated rings. The molecule has 0 aliphatic carbocycles. The summed E-state index contributed by atoms with van der Waals surface area (Å²) in [6.07, 6.45) is 1.90. The van der Waals surface area contributed by atoms with Crippen LogP contribution in [0.15, 0.2) is 71.3 Å². The van der Waals surface area contributed by atoms with Gasteiger partial charge in [0.2, 0.25) is 5.91 Å². The van der Waals surface area contributed by atoms with Crippen LogP contribution in [0, 0.1) is 0 Å². The number of amides is 2. The lowest BCUT2D eigenvalue weighted by Crippen LogP contribution is -2.50. The molecule has 2 amide bonds. The first-order chi connectivity index (χ1) is 13.7. The number of nitrogens with zero attached hydrogens (tertiary/aromatic N) is 1. The zero-order chi connectivity index (χ0) is 19.5. The Kier molecular flexibility index (Phi) is 4.85. The maximum atomic E-state index is 13.0. The Balaban J connectivity index is 1.61. The van der Waals surface area contributed by atoms with E-state index in [4.69, 9.17) is 9.15 Å². The van der Waals surface area contributed by atoms with Gasteiger partial charge < -0.3 is 19.4 Å². The molecule has 2 heterocycles. The molecule has 1 aromatic heterocycles. The molecule has 142 valence electrons. The number of nitrogens with one attached hydrogen (secondary N) is 1. The summed E-state index contributed by atoms with van der Waals surface area (Å²) in [5, 5.41) is 2.90. The van der Waals surface area contributed by atoms with Gasteiger partial charge in [0, 0.05) is 18.7 Å². The largest absolute Gasteiger partial charge is 0.497 e. The number of anilines is 1. The van der Waals surface area contributed by atoms with Crippen LogP contribution in [-0.2, 0) is 17.8 Å². The molecule has 1 aliphatic heterocycles. The highest BCUT2D eigenvalue weighted by Gasteiger charge is 2.36. The molecule has 3 aromatic rings. The normalized spacial score (nSPS) is 15.6. The number of rotatable bonds is 4. The van der Waals surface area contributed by atoms with Gasteiger partial charge in [0.25, 0.3) is 5.91 Å². The van der Waals surface area contributed by atoms with Crippen molar-refractivity contribution >= 4 is 17.5 Å². The van der Waals surface area contributed by atoms with Crippen LogP contribution in [-0.4, -0.2) is 29.9 Å². The first-order valence-electron chi connectivity index (χ1n) is 9.02. The Hall–Kier alpha value is -3.54. The third-order valence-corrected chi connectivity index (χ3v) is 4.90. The topological polar surface area (TPSA) is 71.8 Å². The summed E-state index contributed by atoms with van der Waals surface area (Å²) in [5.74, 6) is 0.398.